The topological polar surface area (TPSA) is 23.6 Å². The van der Waals surface area contributed by atoms with E-state index in [1.54, 1.807) is 11.0 Å². The molecule has 0 bridgehead atoms. The minimum absolute atomic E-state index is 0.0977. The van der Waals surface area contributed by atoms with Crippen LogP contribution in [0.1, 0.15) is 10.4 Å². The number of amides is 1. The van der Waals surface area contributed by atoms with Crippen molar-refractivity contribution in [2.75, 3.05) is 32.1 Å². The molecule has 0 unspecified atom stereocenters. The second-order valence-electron chi connectivity index (χ2n) is 5.83. The maximum atomic E-state index is 12.9. The van der Waals surface area contributed by atoms with E-state index in [0.717, 1.165) is 16.8 Å². The quantitative estimate of drug-likeness (QED) is 0.868. The Bertz CT molecular complexity index is 693. The van der Waals surface area contributed by atoms with E-state index < -0.39 is 6.17 Å². The SMILES string of the molecule is CN(C)c1cccc(-c2cccc(C(=O)N3CC(F)C3)c2)c1. The highest BCUT2D eigenvalue weighted by Crippen LogP contribution is 2.25. The van der Waals surface area contributed by atoms with Crippen LogP contribution in [0.5, 0.6) is 0 Å². The van der Waals surface area contributed by atoms with Crippen molar-refractivity contribution in [3.8, 4) is 11.1 Å². The van der Waals surface area contributed by atoms with E-state index in [1.165, 1.54) is 0 Å². The van der Waals surface area contributed by atoms with Crippen LogP contribution in [-0.4, -0.2) is 44.2 Å². The van der Waals surface area contributed by atoms with Gasteiger partial charge in [0.25, 0.3) is 5.91 Å². The van der Waals surface area contributed by atoms with Crippen molar-refractivity contribution in [3.63, 3.8) is 0 Å². The van der Waals surface area contributed by atoms with Crippen molar-refractivity contribution in [1.82, 2.24) is 4.90 Å². The molecule has 2 aromatic rings. The van der Waals surface area contributed by atoms with Crippen molar-refractivity contribution < 1.29 is 9.18 Å². The lowest BCUT2D eigenvalue weighted by Gasteiger charge is -2.34. The summed E-state index contributed by atoms with van der Waals surface area (Å²) in [6.45, 7) is 0.415. The minimum atomic E-state index is -0.871. The third kappa shape index (κ3) is 2.82. The molecule has 0 aromatic heterocycles. The molecule has 1 fully saturated rings. The van der Waals surface area contributed by atoms with Gasteiger partial charge in [-0.3, -0.25) is 4.79 Å². The fraction of sp³-hybridized carbons (Fsp3) is 0.278. The zero-order valence-corrected chi connectivity index (χ0v) is 12.8. The minimum Gasteiger partial charge on any atom is -0.378 e. The van der Waals surface area contributed by atoms with E-state index in [4.69, 9.17) is 0 Å². The maximum Gasteiger partial charge on any atom is 0.254 e. The average molecular weight is 298 g/mol. The van der Waals surface area contributed by atoms with Crippen LogP contribution < -0.4 is 4.90 Å². The van der Waals surface area contributed by atoms with E-state index >= 15 is 0 Å². The van der Waals surface area contributed by atoms with Gasteiger partial charge in [0.15, 0.2) is 0 Å². The number of hydrogen-bond acceptors (Lipinski definition) is 2. The number of carbonyl (C=O) groups excluding carboxylic acids is 1. The molecule has 0 N–H and O–H groups in total. The summed E-state index contributed by atoms with van der Waals surface area (Å²) in [5.74, 6) is -0.0977. The summed E-state index contributed by atoms with van der Waals surface area (Å²) in [6, 6.07) is 15.7. The number of hydrogen-bond donors (Lipinski definition) is 0. The van der Waals surface area contributed by atoms with Crippen LogP contribution in [-0.2, 0) is 0 Å². The predicted molar refractivity (Wildman–Crippen MR) is 87.0 cm³/mol. The van der Waals surface area contributed by atoms with Gasteiger partial charge in [0, 0.05) is 25.3 Å². The van der Waals surface area contributed by atoms with Crippen molar-refractivity contribution in [2.24, 2.45) is 0 Å². The maximum absolute atomic E-state index is 12.9. The molecule has 1 aliphatic rings. The molecular weight excluding hydrogens is 279 g/mol. The molecular formula is C18H19FN2O. The van der Waals surface area contributed by atoms with Crippen molar-refractivity contribution in [2.45, 2.75) is 6.17 Å². The zero-order valence-electron chi connectivity index (χ0n) is 12.8. The number of alkyl halides is 1. The summed E-state index contributed by atoms with van der Waals surface area (Å²) >= 11 is 0. The Hall–Kier alpha value is -2.36. The van der Waals surface area contributed by atoms with E-state index in [-0.39, 0.29) is 19.0 Å². The fourth-order valence-electron chi connectivity index (χ4n) is 2.57. The summed E-state index contributed by atoms with van der Waals surface area (Å²) in [5.41, 5.74) is 3.77. The number of anilines is 1. The molecule has 1 heterocycles. The van der Waals surface area contributed by atoms with Gasteiger partial charge in [-0.05, 0) is 35.4 Å². The average Bonchev–Trinajstić information content (AvgIpc) is 2.51. The first-order valence-electron chi connectivity index (χ1n) is 7.36. The highest BCUT2D eigenvalue weighted by Gasteiger charge is 2.30. The van der Waals surface area contributed by atoms with Gasteiger partial charge in [-0.25, -0.2) is 4.39 Å². The van der Waals surface area contributed by atoms with Gasteiger partial charge in [0.2, 0.25) is 0 Å². The largest absolute Gasteiger partial charge is 0.378 e. The van der Waals surface area contributed by atoms with E-state index in [0.29, 0.717) is 5.56 Å². The Morgan fingerprint density at radius 3 is 2.36 bits per heavy atom. The van der Waals surface area contributed by atoms with E-state index in [9.17, 15) is 9.18 Å². The summed E-state index contributed by atoms with van der Waals surface area (Å²) < 4.78 is 12.9. The van der Waals surface area contributed by atoms with Crippen LogP contribution in [0.2, 0.25) is 0 Å². The summed E-state index contributed by atoms with van der Waals surface area (Å²) in [7, 11) is 3.99. The second kappa shape index (κ2) is 5.79. The standard InChI is InChI=1S/C18H19FN2O/c1-20(2)17-8-4-6-14(10-17)13-5-3-7-15(9-13)18(22)21-11-16(19)12-21/h3-10,16H,11-12H2,1-2H3. The Kier molecular flexibility index (Phi) is 3.84. The number of likely N-dealkylation sites (tertiary alicyclic amines) is 1. The molecule has 1 aliphatic heterocycles. The number of rotatable bonds is 3. The van der Waals surface area contributed by atoms with Crippen molar-refractivity contribution >= 4 is 11.6 Å². The van der Waals surface area contributed by atoms with Crippen molar-refractivity contribution in [1.29, 1.82) is 0 Å². The number of halogens is 1. The highest BCUT2D eigenvalue weighted by molar-refractivity contribution is 5.96. The Labute approximate surface area is 130 Å². The van der Waals surface area contributed by atoms with E-state index in [1.807, 2.05) is 55.4 Å². The molecule has 1 saturated heterocycles. The van der Waals surface area contributed by atoms with Crippen LogP contribution in [0.15, 0.2) is 48.5 Å². The fourth-order valence-corrected chi connectivity index (χ4v) is 2.57. The lowest BCUT2D eigenvalue weighted by Crippen LogP contribution is -2.51. The molecule has 3 nitrogen and oxygen atoms in total. The summed E-state index contributed by atoms with van der Waals surface area (Å²) in [4.78, 5) is 15.9. The molecule has 2 aromatic carbocycles. The Balaban J connectivity index is 1.88. The summed E-state index contributed by atoms with van der Waals surface area (Å²) in [6.07, 6.45) is -0.871. The molecule has 22 heavy (non-hydrogen) atoms. The van der Waals surface area contributed by atoms with Gasteiger partial charge >= 0.3 is 0 Å². The van der Waals surface area contributed by atoms with Gasteiger partial charge in [-0.2, -0.15) is 0 Å². The molecule has 114 valence electrons. The van der Waals surface area contributed by atoms with Gasteiger partial charge < -0.3 is 9.80 Å². The third-order valence-electron chi connectivity index (χ3n) is 3.93. The molecule has 1 amide bonds. The van der Waals surface area contributed by atoms with Crippen LogP contribution in [0.25, 0.3) is 11.1 Å². The molecule has 0 saturated carbocycles. The second-order valence-corrected chi connectivity index (χ2v) is 5.83. The molecule has 0 aliphatic carbocycles. The van der Waals surface area contributed by atoms with Gasteiger partial charge in [0.05, 0.1) is 13.1 Å². The van der Waals surface area contributed by atoms with Crippen LogP contribution >= 0.6 is 0 Å². The highest BCUT2D eigenvalue weighted by atomic mass is 19.1. The van der Waals surface area contributed by atoms with Crippen LogP contribution in [0.4, 0.5) is 10.1 Å². The molecule has 0 spiro atoms. The molecule has 4 heteroatoms. The smallest absolute Gasteiger partial charge is 0.254 e. The monoisotopic (exact) mass is 298 g/mol. The predicted octanol–water partition coefficient (Wildman–Crippen LogP) is 3.21. The van der Waals surface area contributed by atoms with E-state index in [2.05, 4.69) is 6.07 Å². The number of benzene rings is 2. The Morgan fingerprint density at radius 1 is 1.09 bits per heavy atom. The Morgan fingerprint density at radius 2 is 1.73 bits per heavy atom. The van der Waals surface area contributed by atoms with Gasteiger partial charge in [-0.15, -0.1) is 0 Å². The lowest BCUT2D eigenvalue weighted by molar-refractivity contribution is 0.0400. The first-order chi connectivity index (χ1) is 10.5. The third-order valence-corrected chi connectivity index (χ3v) is 3.93. The van der Waals surface area contributed by atoms with Crippen LogP contribution in [0, 0.1) is 0 Å². The number of nitrogens with zero attached hydrogens (tertiary/aromatic N) is 2. The first kappa shape index (κ1) is 14.6. The number of carbonyl (C=O) groups is 1. The molecule has 3 rings (SSSR count). The van der Waals surface area contributed by atoms with Crippen LogP contribution in [0.3, 0.4) is 0 Å². The van der Waals surface area contributed by atoms with Gasteiger partial charge in [-0.1, -0.05) is 24.3 Å². The normalized spacial score (nSPS) is 14.6. The summed E-state index contributed by atoms with van der Waals surface area (Å²) in [5, 5.41) is 0. The molecule has 0 atom stereocenters. The molecule has 0 radical (unpaired) electrons. The van der Waals surface area contributed by atoms with Gasteiger partial charge in [0.1, 0.15) is 6.17 Å². The zero-order chi connectivity index (χ0) is 15.7. The first-order valence-corrected chi connectivity index (χ1v) is 7.36. The van der Waals surface area contributed by atoms with Crippen molar-refractivity contribution in [3.05, 3.63) is 54.1 Å². The lowest BCUT2D eigenvalue weighted by atomic mass is 10.0.